The zero-order valence-corrected chi connectivity index (χ0v) is 26.3. The van der Waals surface area contributed by atoms with Crippen LogP contribution >= 0.6 is 11.6 Å². The lowest BCUT2D eigenvalue weighted by Crippen LogP contribution is -2.34. The second-order valence-corrected chi connectivity index (χ2v) is 14.5. The summed E-state index contributed by atoms with van der Waals surface area (Å²) in [7, 11) is -3.15. The molecule has 43 heavy (non-hydrogen) atoms. The molecule has 12 heteroatoms. The molecule has 2 aliphatic rings. The molecule has 2 aliphatic heterocycles. The highest BCUT2D eigenvalue weighted by molar-refractivity contribution is 7.91. The fraction of sp³-hybridized carbons (Fsp3) is 0.484. The monoisotopic (exact) mass is 627 g/mol. The molecule has 2 amide bonds. The van der Waals surface area contributed by atoms with Crippen molar-refractivity contribution in [3.05, 3.63) is 59.4 Å². The minimum Gasteiger partial charge on any atom is -0.490 e. The van der Waals surface area contributed by atoms with Crippen LogP contribution in [0.5, 0.6) is 5.75 Å². The van der Waals surface area contributed by atoms with Crippen LogP contribution in [0, 0.1) is 18.8 Å². The van der Waals surface area contributed by atoms with Crippen LogP contribution in [0.25, 0.3) is 11.0 Å². The third-order valence-electron chi connectivity index (χ3n) is 8.21. The highest BCUT2D eigenvalue weighted by atomic mass is 35.5. The summed E-state index contributed by atoms with van der Waals surface area (Å²) < 4.78 is 33.2. The Morgan fingerprint density at radius 2 is 1.98 bits per heavy atom. The van der Waals surface area contributed by atoms with Gasteiger partial charge in [0.15, 0.2) is 9.84 Å². The van der Waals surface area contributed by atoms with E-state index in [1.165, 1.54) is 6.08 Å². The number of aryl methyl sites for hydroxylation is 1. The number of sulfone groups is 1. The molecule has 2 unspecified atom stereocenters. The largest absolute Gasteiger partial charge is 0.490 e. The van der Waals surface area contributed by atoms with Gasteiger partial charge in [0.2, 0.25) is 11.9 Å². The van der Waals surface area contributed by atoms with Gasteiger partial charge in [0.05, 0.1) is 33.6 Å². The Morgan fingerprint density at radius 3 is 2.72 bits per heavy atom. The second-order valence-electron chi connectivity index (χ2n) is 11.9. The van der Waals surface area contributed by atoms with Crippen LogP contribution in [0.15, 0.2) is 43.1 Å². The zero-order valence-electron chi connectivity index (χ0n) is 24.8. The maximum Gasteiger partial charge on any atom is 0.258 e. The number of carbonyl (C=O) groups excluding carboxylic acids is 2. The number of imidazole rings is 1. The van der Waals surface area contributed by atoms with Gasteiger partial charge < -0.3 is 14.2 Å². The predicted octanol–water partition coefficient (Wildman–Crippen LogP) is 5.22. The molecule has 2 fully saturated rings. The molecule has 230 valence electrons. The summed E-state index contributed by atoms with van der Waals surface area (Å²) in [6, 6.07) is 6.64. The molecule has 0 spiro atoms. The van der Waals surface area contributed by atoms with E-state index in [1.807, 2.05) is 25.3 Å². The minimum atomic E-state index is -3.15. The summed E-state index contributed by atoms with van der Waals surface area (Å²) in [5, 5.41) is 3.36. The molecule has 0 saturated carbocycles. The molecule has 4 heterocycles. The number of benzene rings is 1. The lowest BCUT2D eigenvalue weighted by Gasteiger charge is -2.26. The zero-order chi connectivity index (χ0) is 30.9. The minimum absolute atomic E-state index is 0.0338. The van der Waals surface area contributed by atoms with Crippen molar-refractivity contribution in [3.63, 3.8) is 0 Å². The average Bonchev–Trinajstić information content (AvgIpc) is 3.06. The van der Waals surface area contributed by atoms with Gasteiger partial charge in [-0.3, -0.25) is 19.9 Å². The molecule has 0 aliphatic carbocycles. The molecule has 2 aromatic heterocycles. The summed E-state index contributed by atoms with van der Waals surface area (Å²) in [5.74, 6) is 0.294. The highest BCUT2D eigenvalue weighted by Crippen LogP contribution is 2.38. The van der Waals surface area contributed by atoms with E-state index in [-0.39, 0.29) is 47.3 Å². The first-order valence-electron chi connectivity index (χ1n) is 14.7. The molecule has 1 N–H and O–H groups in total. The molecule has 5 rings (SSSR count). The van der Waals surface area contributed by atoms with Gasteiger partial charge in [-0.2, -0.15) is 0 Å². The van der Waals surface area contributed by atoms with Gasteiger partial charge in [-0.05, 0) is 56.7 Å². The third-order valence-corrected chi connectivity index (χ3v) is 10.6. The number of rotatable bonds is 6. The number of carbonyl (C=O) groups is 2. The Labute approximate surface area is 257 Å². The molecular weight excluding hydrogens is 590 g/mol. The summed E-state index contributed by atoms with van der Waals surface area (Å²) >= 11 is 6.95. The van der Waals surface area contributed by atoms with Gasteiger partial charge in [0.1, 0.15) is 11.9 Å². The molecule has 1 aromatic carbocycles. The van der Waals surface area contributed by atoms with E-state index in [0.29, 0.717) is 58.5 Å². The van der Waals surface area contributed by atoms with E-state index in [0.717, 1.165) is 19.3 Å². The van der Waals surface area contributed by atoms with Crippen molar-refractivity contribution < 1.29 is 22.7 Å². The van der Waals surface area contributed by atoms with Crippen molar-refractivity contribution in [1.29, 1.82) is 0 Å². The van der Waals surface area contributed by atoms with Crippen LogP contribution in [0.4, 0.5) is 5.95 Å². The quantitative estimate of drug-likeness (QED) is 0.372. The predicted molar refractivity (Wildman–Crippen MR) is 167 cm³/mol. The number of likely N-dealkylation sites (tertiary alicyclic amines) is 1. The van der Waals surface area contributed by atoms with E-state index < -0.39 is 9.84 Å². The normalized spacial score (nSPS) is 24.1. The summed E-state index contributed by atoms with van der Waals surface area (Å²) in [4.78, 5) is 36.7. The topological polar surface area (TPSA) is 123 Å². The van der Waals surface area contributed by atoms with Gasteiger partial charge in [-0.1, -0.05) is 32.0 Å². The van der Waals surface area contributed by atoms with Gasteiger partial charge in [-0.25, -0.2) is 13.4 Å². The van der Waals surface area contributed by atoms with Crippen LogP contribution < -0.4 is 10.1 Å². The molecule has 0 bridgehead atoms. The van der Waals surface area contributed by atoms with E-state index in [2.05, 4.69) is 16.9 Å². The van der Waals surface area contributed by atoms with Gasteiger partial charge in [0, 0.05) is 48.6 Å². The molecule has 0 radical (unpaired) electrons. The Bertz CT molecular complexity index is 1660. The van der Waals surface area contributed by atoms with Crippen LogP contribution in [-0.2, 0) is 14.6 Å². The number of pyridine rings is 1. The maximum absolute atomic E-state index is 13.4. The fourth-order valence-corrected chi connectivity index (χ4v) is 8.69. The molecule has 2 saturated heterocycles. The van der Waals surface area contributed by atoms with Crippen molar-refractivity contribution in [2.24, 2.45) is 11.8 Å². The van der Waals surface area contributed by atoms with Crippen molar-refractivity contribution >= 4 is 50.2 Å². The van der Waals surface area contributed by atoms with Crippen LogP contribution in [-0.4, -0.2) is 70.4 Å². The summed E-state index contributed by atoms with van der Waals surface area (Å²) in [5.41, 5.74) is 2.30. The Kier molecular flexibility index (Phi) is 9.12. The number of aromatic nitrogens is 3. The number of anilines is 1. The number of ether oxygens (including phenoxy) is 1. The van der Waals surface area contributed by atoms with Crippen molar-refractivity contribution in [1.82, 2.24) is 19.4 Å². The second kappa shape index (κ2) is 12.7. The molecule has 4 atom stereocenters. The van der Waals surface area contributed by atoms with E-state index >= 15 is 0 Å². The first-order chi connectivity index (χ1) is 20.4. The fourth-order valence-electron chi connectivity index (χ4n) is 6.24. The van der Waals surface area contributed by atoms with Crippen molar-refractivity contribution in [3.8, 4) is 5.75 Å². The van der Waals surface area contributed by atoms with E-state index in [4.69, 9.17) is 21.3 Å². The molecule has 3 aromatic rings. The van der Waals surface area contributed by atoms with Crippen LogP contribution in [0.3, 0.4) is 0 Å². The van der Waals surface area contributed by atoms with E-state index in [9.17, 15) is 18.0 Å². The maximum atomic E-state index is 13.4. The van der Waals surface area contributed by atoms with E-state index in [1.54, 1.807) is 35.4 Å². The summed E-state index contributed by atoms with van der Waals surface area (Å²) in [6.07, 6.45) is 5.67. The lowest BCUT2D eigenvalue weighted by molar-refractivity contribution is -0.126. The average molecular weight is 628 g/mol. The highest BCUT2D eigenvalue weighted by Gasteiger charge is 2.33. The number of nitrogens with zero attached hydrogens (tertiary/aromatic N) is 4. The van der Waals surface area contributed by atoms with Crippen molar-refractivity contribution in [2.45, 2.75) is 58.6 Å². The van der Waals surface area contributed by atoms with Gasteiger partial charge in [-0.15, -0.1) is 0 Å². The Morgan fingerprint density at radius 1 is 1.19 bits per heavy atom. The number of nitrogens with one attached hydrogen (secondary N) is 1. The standard InChI is InChI=1S/C31H38ClN5O5S/c1-5-28(38)36-11-7-6-8-23(16-36)37-29-25(32)14-24(42-27-12-19(2)17-43(40,41)18-20(27)3)15-26(29)34-31(37)35-30(39)22-9-10-33-21(4)13-22/h5,9-10,13-15,19-20,23,27H,1,6-8,11-12,16-18H2,2-4H3,(H,34,35,39)/t19?,20?,23-,27-/m1/s1. The molecule has 10 nitrogen and oxygen atoms in total. The first kappa shape index (κ1) is 31.0. The first-order valence-corrected chi connectivity index (χ1v) is 16.9. The number of halogens is 1. The van der Waals surface area contributed by atoms with Crippen molar-refractivity contribution in [2.75, 3.05) is 29.9 Å². The number of hydrogen-bond donors (Lipinski definition) is 1. The lowest BCUT2D eigenvalue weighted by atomic mass is 9.97. The summed E-state index contributed by atoms with van der Waals surface area (Å²) in [6.45, 7) is 10.3. The van der Waals surface area contributed by atoms with Crippen LogP contribution in [0.2, 0.25) is 5.02 Å². The third kappa shape index (κ3) is 7.04. The number of fused-ring (bicyclic) bond motifs is 1. The SMILES string of the molecule is C=CC(=O)N1CCCC[C@@H](n2c(NC(=O)c3ccnc(C)c3)nc3cc(O[C@@H]4CC(C)CS(=O)(=O)CC4C)cc(Cl)c32)C1. The smallest absolute Gasteiger partial charge is 0.258 e. The Hall–Kier alpha value is -3.44. The number of amides is 2. The molecular formula is C31H38ClN5O5S. The van der Waals surface area contributed by atoms with Crippen LogP contribution in [0.1, 0.15) is 61.6 Å². The Balaban J connectivity index is 1.55. The number of hydrogen-bond acceptors (Lipinski definition) is 7. The van der Waals surface area contributed by atoms with Gasteiger partial charge >= 0.3 is 0 Å². The van der Waals surface area contributed by atoms with Gasteiger partial charge in [0.25, 0.3) is 5.91 Å².